The fraction of sp³-hybridized carbons (Fsp3) is 0.250. The fourth-order valence-electron chi connectivity index (χ4n) is 2.75. The van der Waals surface area contributed by atoms with E-state index in [9.17, 15) is 10.1 Å². The number of nitro groups is 1. The Hall–Kier alpha value is -2.98. The molecule has 0 fully saturated rings. The van der Waals surface area contributed by atoms with Gasteiger partial charge >= 0.3 is 0 Å². The lowest BCUT2D eigenvalue weighted by Gasteiger charge is -2.27. The Morgan fingerprint density at radius 1 is 1.48 bits per heavy atom. The van der Waals surface area contributed by atoms with Crippen LogP contribution in [-0.4, -0.2) is 23.0 Å². The summed E-state index contributed by atoms with van der Waals surface area (Å²) in [5.74, 6) is 0.364. The average molecular weight is 309 g/mol. The summed E-state index contributed by atoms with van der Waals surface area (Å²) >= 11 is 0. The zero-order valence-electron chi connectivity index (χ0n) is 12.3. The smallest absolute Gasteiger partial charge is 0.289 e. The van der Waals surface area contributed by atoms with Crippen molar-refractivity contribution in [3.8, 4) is 6.07 Å². The normalized spacial score (nSPS) is 16.2. The summed E-state index contributed by atoms with van der Waals surface area (Å²) in [5.41, 5.74) is 2.53. The van der Waals surface area contributed by atoms with Gasteiger partial charge in [0.15, 0.2) is 0 Å². The van der Waals surface area contributed by atoms with Crippen molar-refractivity contribution in [3.05, 3.63) is 63.3 Å². The number of pyridine rings is 1. The van der Waals surface area contributed by atoms with Crippen LogP contribution in [0.4, 0.5) is 11.5 Å². The van der Waals surface area contributed by atoms with Gasteiger partial charge in [-0.3, -0.25) is 10.1 Å². The maximum atomic E-state index is 10.7. The molecule has 0 spiro atoms. The van der Waals surface area contributed by atoms with Gasteiger partial charge in [-0.15, -0.1) is 0 Å². The summed E-state index contributed by atoms with van der Waals surface area (Å²) < 4.78 is 0. The number of benzene rings is 1. The highest BCUT2D eigenvalue weighted by Gasteiger charge is 2.20. The Morgan fingerprint density at radius 2 is 2.30 bits per heavy atom. The molecule has 1 aromatic carbocycles. The molecule has 1 aliphatic heterocycles. The van der Waals surface area contributed by atoms with Crippen molar-refractivity contribution in [1.29, 1.82) is 5.26 Å². The van der Waals surface area contributed by atoms with Crippen molar-refractivity contribution in [2.45, 2.75) is 12.5 Å². The van der Waals surface area contributed by atoms with Gasteiger partial charge in [0.1, 0.15) is 23.6 Å². The lowest BCUT2D eigenvalue weighted by molar-refractivity contribution is -0.385. The van der Waals surface area contributed by atoms with Crippen LogP contribution in [0.3, 0.4) is 0 Å². The van der Waals surface area contributed by atoms with Crippen LogP contribution in [0.1, 0.15) is 22.7 Å². The predicted molar refractivity (Wildman–Crippen MR) is 85.0 cm³/mol. The van der Waals surface area contributed by atoms with Crippen LogP contribution in [0, 0.1) is 21.4 Å². The van der Waals surface area contributed by atoms with Crippen LogP contribution in [0.5, 0.6) is 0 Å². The first-order valence-corrected chi connectivity index (χ1v) is 7.28. The molecule has 2 N–H and O–H groups in total. The first-order chi connectivity index (χ1) is 11.2. The Balaban J connectivity index is 1.77. The van der Waals surface area contributed by atoms with Crippen LogP contribution in [-0.2, 0) is 6.42 Å². The second-order valence-corrected chi connectivity index (χ2v) is 5.30. The second kappa shape index (κ2) is 6.42. The van der Waals surface area contributed by atoms with Gasteiger partial charge in [-0.25, -0.2) is 4.98 Å². The number of rotatable bonds is 4. The molecule has 1 atom stereocenters. The molecule has 0 radical (unpaired) electrons. The SMILES string of the molecule is N#Cc1cc([N+](=O)[O-])cnc1NCC1NCCc2ccccc21. The molecule has 0 amide bonds. The number of nitrogens with zero attached hydrogens (tertiary/aromatic N) is 3. The monoisotopic (exact) mass is 309 g/mol. The first kappa shape index (κ1) is 14.9. The van der Waals surface area contributed by atoms with E-state index in [0.29, 0.717) is 12.4 Å². The highest BCUT2D eigenvalue weighted by molar-refractivity contribution is 5.55. The van der Waals surface area contributed by atoms with Crippen molar-refractivity contribution in [2.24, 2.45) is 0 Å². The largest absolute Gasteiger partial charge is 0.367 e. The molecule has 0 saturated heterocycles. The summed E-state index contributed by atoms with van der Waals surface area (Å²) in [6.45, 7) is 1.44. The number of nitriles is 1. The maximum Gasteiger partial charge on any atom is 0.289 e. The highest BCUT2D eigenvalue weighted by Crippen LogP contribution is 2.24. The Labute approximate surface area is 133 Å². The molecule has 7 heteroatoms. The van der Waals surface area contributed by atoms with E-state index in [1.54, 1.807) is 0 Å². The van der Waals surface area contributed by atoms with Gasteiger partial charge in [-0.1, -0.05) is 24.3 Å². The molecular weight excluding hydrogens is 294 g/mol. The second-order valence-electron chi connectivity index (χ2n) is 5.30. The van der Waals surface area contributed by atoms with Crippen LogP contribution in [0.2, 0.25) is 0 Å². The van der Waals surface area contributed by atoms with E-state index in [0.717, 1.165) is 19.2 Å². The predicted octanol–water partition coefficient (Wildman–Crippen LogP) is 2.16. The van der Waals surface area contributed by atoms with Crippen molar-refractivity contribution < 1.29 is 4.92 Å². The Morgan fingerprint density at radius 3 is 3.09 bits per heavy atom. The van der Waals surface area contributed by atoms with Crippen molar-refractivity contribution in [3.63, 3.8) is 0 Å². The highest BCUT2D eigenvalue weighted by atomic mass is 16.6. The van der Waals surface area contributed by atoms with Crippen LogP contribution >= 0.6 is 0 Å². The topological polar surface area (TPSA) is 104 Å². The molecule has 7 nitrogen and oxygen atoms in total. The third-order valence-corrected chi connectivity index (χ3v) is 3.89. The van der Waals surface area contributed by atoms with Gasteiger partial charge in [-0.2, -0.15) is 5.26 Å². The Bertz CT molecular complexity index is 784. The summed E-state index contributed by atoms with van der Waals surface area (Å²) in [5, 5.41) is 26.5. The van der Waals surface area contributed by atoms with E-state index in [4.69, 9.17) is 5.26 Å². The number of fused-ring (bicyclic) bond motifs is 1. The molecule has 2 heterocycles. The summed E-state index contributed by atoms with van der Waals surface area (Å²) in [7, 11) is 0. The molecule has 116 valence electrons. The van der Waals surface area contributed by atoms with Crippen LogP contribution < -0.4 is 10.6 Å². The zero-order chi connectivity index (χ0) is 16.2. The van der Waals surface area contributed by atoms with Gasteiger partial charge in [0.05, 0.1) is 4.92 Å². The number of aromatic nitrogens is 1. The third-order valence-electron chi connectivity index (χ3n) is 3.89. The average Bonchev–Trinajstić information content (AvgIpc) is 2.59. The van der Waals surface area contributed by atoms with Gasteiger partial charge in [0.25, 0.3) is 5.69 Å². The third kappa shape index (κ3) is 3.12. The molecule has 3 rings (SSSR count). The molecule has 23 heavy (non-hydrogen) atoms. The molecule has 1 unspecified atom stereocenters. The standard InChI is InChI=1S/C16H15N5O2/c17-8-12-7-13(21(22)23)9-19-16(12)20-10-15-14-4-2-1-3-11(14)5-6-18-15/h1-4,7,9,15,18H,5-6,10H2,(H,19,20). The van der Waals surface area contributed by atoms with Crippen molar-refractivity contribution in [1.82, 2.24) is 10.3 Å². The number of hydrogen-bond donors (Lipinski definition) is 2. The van der Waals surface area contributed by atoms with Crippen LogP contribution in [0.25, 0.3) is 0 Å². The van der Waals surface area contributed by atoms with E-state index in [2.05, 4.69) is 27.8 Å². The fourth-order valence-corrected chi connectivity index (χ4v) is 2.75. The lowest BCUT2D eigenvalue weighted by Crippen LogP contribution is -2.34. The summed E-state index contributed by atoms with van der Waals surface area (Å²) in [6.07, 6.45) is 2.15. The molecule has 0 aliphatic carbocycles. The number of hydrogen-bond acceptors (Lipinski definition) is 6. The van der Waals surface area contributed by atoms with E-state index < -0.39 is 4.92 Å². The van der Waals surface area contributed by atoms with E-state index >= 15 is 0 Å². The van der Waals surface area contributed by atoms with Crippen molar-refractivity contribution in [2.75, 3.05) is 18.4 Å². The number of nitrogens with one attached hydrogen (secondary N) is 2. The zero-order valence-corrected chi connectivity index (χ0v) is 12.3. The van der Waals surface area contributed by atoms with Gasteiger partial charge in [-0.05, 0) is 24.1 Å². The van der Waals surface area contributed by atoms with Crippen molar-refractivity contribution >= 4 is 11.5 Å². The molecule has 2 aromatic rings. The Kier molecular flexibility index (Phi) is 4.17. The molecule has 1 aromatic heterocycles. The van der Waals surface area contributed by atoms with E-state index in [-0.39, 0.29) is 17.3 Å². The van der Waals surface area contributed by atoms with E-state index in [1.165, 1.54) is 17.2 Å². The van der Waals surface area contributed by atoms with Crippen LogP contribution in [0.15, 0.2) is 36.5 Å². The molecule has 0 bridgehead atoms. The van der Waals surface area contributed by atoms with Gasteiger partial charge < -0.3 is 10.6 Å². The maximum absolute atomic E-state index is 10.7. The molecular formula is C16H15N5O2. The number of anilines is 1. The minimum Gasteiger partial charge on any atom is -0.367 e. The first-order valence-electron chi connectivity index (χ1n) is 7.28. The lowest BCUT2D eigenvalue weighted by atomic mass is 9.94. The molecule has 0 saturated carbocycles. The summed E-state index contributed by atoms with van der Waals surface area (Å²) in [4.78, 5) is 14.2. The van der Waals surface area contributed by atoms with Gasteiger partial charge in [0, 0.05) is 18.7 Å². The van der Waals surface area contributed by atoms with Gasteiger partial charge in [0.2, 0.25) is 0 Å². The quantitative estimate of drug-likeness (QED) is 0.662. The molecule has 1 aliphatic rings. The minimum absolute atomic E-state index is 0.114. The summed E-state index contributed by atoms with van der Waals surface area (Å²) in [6, 6.07) is 11.5. The van der Waals surface area contributed by atoms with E-state index in [1.807, 2.05) is 18.2 Å². The minimum atomic E-state index is -0.559.